The first-order chi connectivity index (χ1) is 12.1. The van der Waals surface area contributed by atoms with E-state index in [0.29, 0.717) is 17.0 Å². The van der Waals surface area contributed by atoms with Gasteiger partial charge in [-0.25, -0.2) is 18.4 Å². The van der Waals surface area contributed by atoms with E-state index in [1.54, 1.807) is 13.8 Å². The van der Waals surface area contributed by atoms with E-state index in [2.05, 4.69) is 12.2 Å². The fourth-order valence-electron chi connectivity index (χ4n) is 3.13. The first kappa shape index (κ1) is 20.4. The number of nitrogens with two attached hydrogens (primary N) is 1. The molecule has 0 atom stereocenters. The van der Waals surface area contributed by atoms with Crippen LogP contribution >= 0.6 is 0 Å². The second kappa shape index (κ2) is 8.18. The molecule has 26 heavy (non-hydrogen) atoms. The Kier molecular flexibility index (Phi) is 6.41. The number of hydrogen-bond donors (Lipinski definition) is 2. The summed E-state index contributed by atoms with van der Waals surface area (Å²) in [5, 5.41) is 8.06. The Bertz CT molecular complexity index is 796. The van der Waals surface area contributed by atoms with Crippen LogP contribution in [0.25, 0.3) is 0 Å². The van der Waals surface area contributed by atoms with E-state index in [1.165, 1.54) is 12.1 Å². The summed E-state index contributed by atoms with van der Waals surface area (Å²) in [6.45, 7) is 5.09. The van der Waals surface area contributed by atoms with E-state index in [-0.39, 0.29) is 22.4 Å². The van der Waals surface area contributed by atoms with Gasteiger partial charge in [0.1, 0.15) is 0 Å². The molecule has 0 radical (unpaired) electrons. The van der Waals surface area contributed by atoms with Crippen molar-refractivity contribution >= 4 is 21.9 Å². The van der Waals surface area contributed by atoms with Gasteiger partial charge in [-0.3, -0.25) is 4.79 Å². The Morgan fingerprint density at radius 3 is 2.38 bits per heavy atom. The van der Waals surface area contributed by atoms with Gasteiger partial charge in [-0.05, 0) is 68.7 Å². The lowest BCUT2D eigenvalue weighted by atomic mass is 9.87. The number of primary sulfonamides is 1. The summed E-state index contributed by atoms with van der Waals surface area (Å²) >= 11 is 0. The van der Waals surface area contributed by atoms with E-state index >= 15 is 0 Å². The number of esters is 1. The summed E-state index contributed by atoms with van der Waals surface area (Å²) in [6, 6.07) is 2.82. The lowest BCUT2D eigenvalue weighted by molar-refractivity contribution is -0.125. The number of aryl methyl sites for hydroxylation is 1. The predicted molar refractivity (Wildman–Crippen MR) is 97.1 cm³/mol. The quantitative estimate of drug-likeness (QED) is 0.754. The van der Waals surface area contributed by atoms with E-state index in [9.17, 15) is 18.0 Å². The van der Waals surface area contributed by atoms with Gasteiger partial charge in [-0.15, -0.1) is 0 Å². The Hall–Kier alpha value is -1.93. The summed E-state index contributed by atoms with van der Waals surface area (Å²) in [4.78, 5) is 24.0. The molecule has 0 heterocycles. The van der Waals surface area contributed by atoms with Crippen LogP contribution in [0.3, 0.4) is 0 Å². The largest absolute Gasteiger partial charge is 0.452 e. The number of carbonyl (C=O) groups excluding carboxylic acids is 2. The first-order valence-electron chi connectivity index (χ1n) is 8.68. The van der Waals surface area contributed by atoms with Crippen LogP contribution in [0.4, 0.5) is 0 Å². The third-order valence-corrected chi connectivity index (χ3v) is 5.91. The third-order valence-electron chi connectivity index (χ3n) is 4.88. The molecule has 3 N–H and O–H groups in total. The molecule has 0 bridgehead atoms. The zero-order valence-electron chi connectivity index (χ0n) is 15.4. The molecular formula is C18H26N2O5S. The lowest BCUT2D eigenvalue weighted by Gasteiger charge is -2.26. The zero-order chi connectivity index (χ0) is 19.5. The smallest absolute Gasteiger partial charge is 0.338 e. The normalized spacial score (nSPS) is 20.5. The van der Waals surface area contributed by atoms with Crippen LogP contribution in [0.15, 0.2) is 17.0 Å². The molecule has 144 valence electrons. The Labute approximate surface area is 154 Å². The standard InChI is InChI=1S/C18H26N2O5S/c1-11-4-6-15(7-5-11)20-17(21)10-25-18(22)14-8-12(2)13(3)16(9-14)26(19,23)24/h8-9,11,15H,4-7,10H2,1-3H3,(H,20,21)(H2,19,23,24). The second-order valence-electron chi connectivity index (χ2n) is 7.06. The molecule has 2 rings (SSSR count). The SMILES string of the molecule is Cc1cc(C(=O)OCC(=O)NC2CCC(C)CC2)cc(S(N)(=O)=O)c1C. The molecule has 1 aromatic rings. The monoisotopic (exact) mass is 382 g/mol. The molecule has 0 unspecified atom stereocenters. The fourth-order valence-corrected chi connectivity index (χ4v) is 4.01. The van der Waals surface area contributed by atoms with Crippen molar-refractivity contribution in [2.45, 2.75) is 57.4 Å². The molecule has 0 aromatic heterocycles. The van der Waals surface area contributed by atoms with Gasteiger partial charge >= 0.3 is 5.97 Å². The summed E-state index contributed by atoms with van der Waals surface area (Å²) in [7, 11) is -3.95. The van der Waals surface area contributed by atoms with Gasteiger partial charge in [0.25, 0.3) is 5.91 Å². The van der Waals surface area contributed by atoms with Crippen LogP contribution in [0.5, 0.6) is 0 Å². The van der Waals surface area contributed by atoms with Gasteiger partial charge in [0, 0.05) is 6.04 Å². The fraction of sp³-hybridized carbons (Fsp3) is 0.556. The molecule has 0 saturated heterocycles. The molecule has 1 aliphatic carbocycles. The van der Waals surface area contributed by atoms with Crippen molar-refractivity contribution in [1.29, 1.82) is 0 Å². The average molecular weight is 382 g/mol. The molecule has 1 aromatic carbocycles. The topological polar surface area (TPSA) is 116 Å². The highest BCUT2D eigenvalue weighted by Gasteiger charge is 2.21. The Morgan fingerprint density at radius 1 is 1.19 bits per heavy atom. The van der Waals surface area contributed by atoms with Gasteiger partial charge in [-0.2, -0.15) is 0 Å². The second-order valence-corrected chi connectivity index (χ2v) is 8.59. The van der Waals surface area contributed by atoms with Crippen molar-refractivity contribution in [2.75, 3.05) is 6.61 Å². The molecule has 8 heteroatoms. The van der Waals surface area contributed by atoms with Gasteiger partial charge in [0.15, 0.2) is 6.61 Å². The highest BCUT2D eigenvalue weighted by Crippen LogP contribution is 2.23. The molecule has 7 nitrogen and oxygen atoms in total. The maximum absolute atomic E-state index is 12.2. The van der Waals surface area contributed by atoms with E-state index in [1.807, 2.05) is 0 Å². The molecule has 0 aliphatic heterocycles. The summed E-state index contributed by atoms with van der Waals surface area (Å²) < 4.78 is 28.3. The number of hydrogen-bond acceptors (Lipinski definition) is 5. The van der Waals surface area contributed by atoms with Crippen molar-refractivity contribution < 1.29 is 22.7 Å². The minimum atomic E-state index is -3.95. The highest BCUT2D eigenvalue weighted by molar-refractivity contribution is 7.89. The number of benzene rings is 1. The van der Waals surface area contributed by atoms with Crippen LogP contribution < -0.4 is 10.5 Å². The van der Waals surface area contributed by atoms with Crippen molar-refractivity contribution in [3.8, 4) is 0 Å². The summed E-state index contributed by atoms with van der Waals surface area (Å²) in [5.74, 6) is -0.433. The van der Waals surface area contributed by atoms with Crippen molar-refractivity contribution in [3.05, 3.63) is 28.8 Å². The Morgan fingerprint density at radius 2 is 1.81 bits per heavy atom. The van der Waals surface area contributed by atoms with Crippen LogP contribution in [0, 0.1) is 19.8 Å². The van der Waals surface area contributed by atoms with E-state index in [4.69, 9.17) is 9.88 Å². The molecule has 1 aliphatic rings. The van der Waals surface area contributed by atoms with Crippen LogP contribution in [0.2, 0.25) is 0 Å². The lowest BCUT2D eigenvalue weighted by Crippen LogP contribution is -2.39. The van der Waals surface area contributed by atoms with Gasteiger partial charge in [-0.1, -0.05) is 6.92 Å². The molecule has 1 fully saturated rings. The van der Waals surface area contributed by atoms with Gasteiger partial charge in [0.2, 0.25) is 10.0 Å². The maximum Gasteiger partial charge on any atom is 0.338 e. The van der Waals surface area contributed by atoms with Crippen LogP contribution in [0.1, 0.15) is 54.1 Å². The minimum Gasteiger partial charge on any atom is -0.452 e. The van der Waals surface area contributed by atoms with Crippen molar-refractivity contribution in [2.24, 2.45) is 11.1 Å². The van der Waals surface area contributed by atoms with E-state index in [0.717, 1.165) is 25.7 Å². The van der Waals surface area contributed by atoms with Crippen molar-refractivity contribution in [1.82, 2.24) is 5.32 Å². The number of ether oxygens (including phenoxy) is 1. The number of nitrogens with one attached hydrogen (secondary N) is 1. The molecule has 0 spiro atoms. The summed E-state index contributed by atoms with van der Waals surface area (Å²) in [5.41, 5.74) is 1.13. The number of sulfonamides is 1. The number of carbonyl (C=O) groups is 2. The van der Waals surface area contributed by atoms with Gasteiger partial charge in [0.05, 0.1) is 10.5 Å². The summed E-state index contributed by atoms with van der Waals surface area (Å²) in [6.07, 6.45) is 4.00. The van der Waals surface area contributed by atoms with Gasteiger partial charge < -0.3 is 10.1 Å². The first-order valence-corrected chi connectivity index (χ1v) is 10.2. The molecule has 1 amide bonds. The van der Waals surface area contributed by atoms with E-state index < -0.39 is 22.6 Å². The minimum absolute atomic E-state index is 0.0522. The highest BCUT2D eigenvalue weighted by atomic mass is 32.2. The average Bonchev–Trinajstić information content (AvgIpc) is 2.56. The third kappa shape index (κ3) is 5.28. The maximum atomic E-state index is 12.2. The predicted octanol–water partition coefficient (Wildman–Crippen LogP) is 1.80. The van der Waals surface area contributed by atoms with Crippen LogP contribution in [-0.4, -0.2) is 32.9 Å². The van der Waals surface area contributed by atoms with Crippen molar-refractivity contribution in [3.63, 3.8) is 0 Å². The number of rotatable bonds is 5. The van der Waals surface area contributed by atoms with Crippen LogP contribution in [-0.2, 0) is 19.6 Å². The molecule has 1 saturated carbocycles. The zero-order valence-corrected chi connectivity index (χ0v) is 16.2. The number of amides is 1. The molecular weight excluding hydrogens is 356 g/mol. The Balaban J connectivity index is 1.97.